The van der Waals surface area contributed by atoms with E-state index in [-0.39, 0.29) is 11.9 Å². The number of hydrogen-bond acceptors (Lipinski definition) is 4. The molecule has 1 fully saturated rings. The summed E-state index contributed by atoms with van der Waals surface area (Å²) >= 11 is 0. The molecule has 1 saturated heterocycles. The molecule has 1 unspecified atom stereocenters. The van der Waals surface area contributed by atoms with Crippen molar-refractivity contribution < 1.29 is 4.79 Å². The standard InChI is InChI=1S/C19H19N5O/c25-19(15-6-3-9-20-15)24-11-8-12-13(4-1-7-16(12)24)17-14-5-2-10-21-18(14)23-22-17/h1-2,4-5,7,10,15,20H,3,6,8-9,11H2,(H,21,22,23). The fraction of sp³-hybridized carbons (Fsp3) is 0.316. The van der Waals surface area contributed by atoms with E-state index in [2.05, 4.69) is 32.6 Å². The molecule has 0 aliphatic carbocycles. The summed E-state index contributed by atoms with van der Waals surface area (Å²) in [4.78, 5) is 19.1. The number of carbonyl (C=O) groups excluding carboxylic acids is 1. The highest BCUT2D eigenvalue weighted by Gasteiger charge is 2.33. The van der Waals surface area contributed by atoms with Gasteiger partial charge in [0.05, 0.1) is 11.7 Å². The lowest BCUT2D eigenvalue weighted by Crippen LogP contribution is -2.42. The second-order valence-electron chi connectivity index (χ2n) is 6.67. The van der Waals surface area contributed by atoms with Crippen LogP contribution in [0.1, 0.15) is 18.4 Å². The summed E-state index contributed by atoms with van der Waals surface area (Å²) in [5, 5.41) is 11.8. The van der Waals surface area contributed by atoms with Gasteiger partial charge in [0.15, 0.2) is 5.65 Å². The van der Waals surface area contributed by atoms with Crippen LogP contribution in [0.2, 0.25) is 0 Å². The van der Waals surface area contributed by atoms with E-state index in [0.717, 1.165) is 60.3 Å². The van der Waals surface area contributed by atoms with Gasteiger partial charge < -0.3 is 10.2 Å². The first-order valence-corrected chi connectivity index (χ1v) is 8.79. The van der Waals surface area contributed by atoms with Crippen LogP contribution in [-0.4, -0.2) is 40.2 Å². The number of nitrogens with one attached hydrogen (secondary N) is 2. The topological polar surface area (TPSA) is 73.9 Å². The Morgan fingerprint density at radius 2 is 2.20 bits per heavy atom. The van der Waals surface area contributed by atoms with Gasteiger partial charge in [0.1, 0.15) is 0 Å². The average Bonchev–Trinajstić information content (AvgIpc) is 3.39. The molecule has 2 aliphatic heterocycles. The predicted molar refractivity (Wildman–Crippen MR) is 96.4 cm³/mol. The van der Waals surface area contributed by atoms with Crippen LogP contribution in [0.25, 0.3) is 22.3 Å². The molecule has 0 spiro atoms. The summed E-state index contributed by atoms with van der Waals surface area (Å²) in [6.07, 6.45) is 4.62. The SMILES string of the molecule is O=C(C1CCCN1)N1CCc2c(-c3[nH]nc4ncccc34)cccc21. The minimum absolute atomic E-state index is 0.0354. The lowest BCUT2D eigenvalue weighted by atomic mass is 10.0. The normalized spacial score (nSPS) is 19.5. The maximum atomic E-state index is 12.9. The van der Waals surface area contributed by atoms with E-state index >= 15 is 0 Å². The van der Waals surface area contributed by atoms with Crippen LogP contribution in [0, 0.1) is 0 Å². The monoisotopic (exact) mass is 333 g/mol. The highest BCUT2D eigenvalue weighted by atomic mass is 16.2. The largest absolute Gasteiger partial charge is 0.310 e. The van der Waals surface area contributed by atoms with Gasteiger partial charge in [0.25, 0.3) is 0 Å². The smallest absolute Gasteiger partial charge is 0.244 e. The van der Waals surface area contributed by atoms with E-state index in [4.69, 9.17) is 0 Å². The van der Waals surface area contributed by atoms with E-state index in [9.17, 15) is 4.79 Å². The molecule has 0 bridgehead atoms. The number of aromatic amines is 1. The average molecular weight is 333 g/mol. The molecule has 5 rings (SSSR count). The van der Waals surface area contributed by atoms with E-state index in [1.165, 1.54) is 5.56 Å². The molecule has 3 aromatic rings. The second-order valence-corrected chi connectivity index (χ2v) is 6.67. The molecule has 6 nitrogen and oxygen atoms in total. The fourth-order valence-electron chi connectivity index (χ4n) is 4.04. The molecule has 1 amide bonds. The van der Waals surface area contributed by atoms with Crippen molar-refractivity contribution in [1.82, 2.24) is 20.5 Å². The highest BCUT2D eigenvalue weighted by Crippen LogP contribution is 2.38. The first-order valence-electron chi connectivity index (χ1n) is 8.79. The summed E-state index contributed by atoms with van der Waals surface area (Å²) in [5.41, 5.74) is 5.05. The van der Waals surface area contributed by atoms with Crippen molar-refractivity contribution in [3.63, 3.8) is 0 Å². The molecule has 6 heteroatoms. The van der Waals surface area contributed by atoms with Crippen LogP contribution in [-0.2, 0) is 11.2 Å². The van der Waals surface area contributed by atoms with Crippen molar-refractivity contribution in [2.45, 2.75) is 25.3 Å². The molecule has 2 aromatic heterocycles. The zero-order valence-electron chi connectivity index (χ0n) is 13.8. The lowest BCUT2D eigenvalue weighted by Gasteiger charge is -2.21. The maximum absolute atomic E-state index is 12.9. The summed E-state index contributed by atoms with van der Waals surface area (Å²) in [7, 11) is 0. The molecule has 2 N–H and O–H groups in total. The number of fused-ring (bicyclic) bond motifs is 2. The number of pyridine rings is 1. The Balaban J connectivity index is 1.57. The molecule has 0 saturated carbocycles. The zero-order chi connectivity index (χ0) is 16.8. The Morgan fingerprint density at radius 3 is 3.08 bits per heavy atom. The van der Waals surface area contributed by atoms with Crippen molar-refractivity contribution in [1.29, 1.82) is 0 Å². The third kappa shape index (κ3) is 2.25. The Hall–Kier alpha value is -2.73. The van der Waals surface area contributed by atoms with Gasteiger partial charge in [-0.1, -0.05) is 12.1 Å². The van der Waals surface area contributed by atoms with Crippen LogP contribution in [0.4, 0.5) is 5.69 Å². The van der Waals surface area contributed by atoms with E-state index in [0.29, 0.717) is 0 Å². The number of benzene rings is 1. The van der Waals surface area contributed by atoms with Crippen LogP contribution in [0.15, 0.2) is 36.5 Å². The van der Waals surface area contributed by atoms with Crippen molar-refractivity contribution >= 4 is 22.6 Å². The third-order valence-corrected chi connectivity index (χ3v) is 5.25. The van der Waals surface area contributed by atoms with Gasteiger partial charge in [0, 0.05) is 29.4 Å². The number of rotatable bonds is 2. The van der Waals surface area contributed by atoms with Crippen LogP contribution in [0.5, 0.6) is 0 Å². The van der Waals surface area contributed by atoms with E-state index in [1.54, 1.807) is 6.20 Å². The van der Waals surface area contributed by atoms with E-state index < -0.39 is 0 Å². The van der Waals surface area contributed by atoms with Gasteiger partial charge in [-0.05, 0) is 49.6 Å². The number of carbonyl (C=O) groups is 1. The van der Waals surface area contributed by atoms with Gasteiger partial charge in [-0.2, -0.15) is 5.10 Å². The van der Waals surface area contributed by atoms with Gasteiger partial charge in [-0.15, -0.1) is 0 Å². The fourth-order valence-corrected chi connectivity index (χ4v) is 4.04. The minimum Gasteiger partial charge on any atom is -0.310 e. The third-order valence-electron chi connectivity index (χ3n) is 5.25. The lowest BCUT2D eigenvalue weighted by molar-refractivity contribution is -0.120. The van der Waals surface area contributed by atoms with Crippen LogP contribution < -0.4 is 10.2 Å². The first kappa shape index (κ1) is 14.6. The van der Waals surface area contributed by atoms with Crippen molar-refractivity contribution in [3.8, 4) is 11.3 Å². The molecule has 126 valence electrons. The maximum Gasteiger partial charge on any atom is 0.244 e. The molecule has 4 heterocycles. The molecular weight excluding hydrogens is 314 g/mol. The summed E-state index contributed by atoms with van der Waals surface area (Å²) < 4.78 is 0. The molecule has 1 atom stereocenters. The van der Waals surface area contributed by atoms with Crippen molar-refractivity contribution in [2.24, 2.45) is 0 Å². The molecule has 0 radical (unpaired) electrons. The number of aromatic nitrogens is 3. The van der Waals surface area contributed by atoms with Crippen LogP contribution in [0.3, 0.4) is 0 Å². The minimum atomic E-state index is -0.0354. The number of amides is 1. The van der Waals surface area contributed by atoms with Gasteiger partial charge in [-0.25, -0.2) is 4.98 Å². The van der Waals surface area contributed by atoms with Crippen molar-refractivity contribution in [2.75, 3.05) is 18.0 Å². The Morgan fingerprint density at radius 1 is 1.24 bits per heavy atom. The number of hydrogen-bond donors (Lipinski definition) is 2. The van der Waals surface area contributed by atoms with Crippen molar-refractivity contribution in [3.05, 3.63) is 42.1 Å². The van der Waals surface area contributed by atoms with E-state index in [1.807, 2.05) is 23.1 Å². The quantitative estimate of drug-likeness (QED) is 0.754. The number of H-pyrrole nitrogens is 1. The van der Waals surface area contributed by atoms with Crippen LogP contribution >= 0.6 is 0 Å². The number of anilines is 1. The Labute approximate surface area is 145 Å². The van der Waals surface area contributed by atoms with Gasteiger partial charge in [0.2, 0.25) is 5.91 Å². The molecule has 1 aromatic carbocycles. The Bertz CT molecular complexity index is 957. The molecule has 2 aliphatic rings. The first-order chi connectivity index (χ1) is 12.3. The summed E-state index contributed by atoms with van der Waals surface area (Å²) in [6.45, 7) is 1.68. The number of nitrogens with zero attached hydrogens (tertiary/aromatic N) is 3. The summed E-state index contributed by atoms with van der Waals surface area (Å²) in [5.74, 6) is 0.199. The molecular formula is C19H19N5O. The highest BCUT2D eigenvalue weighted by molar-refractivity contribution is 6.01. The zero-order valence-corrected chi connectivity index (χ0v) is 13.8. The predicted octanol–water partition coefficient (Wildman–Crippen LogP) is 2.27. The van der Waals surface area contributed by atoms with Gasteiger partial charge in [-0.3, -0.25) is 9.89 Å². The molecule has 25 heavy (non-hydrogen) atoms. The summed E-state index contributed by atoms with van der Waals surface area (Å²) in [6, 6.07) is 10.1. The second kappa shape index (κ2) is 5.67. The Kier molecular flexibility index (Phi) is 3.31. The van der Waals surface area contributed by atoms with Gasteiger partial charge >= 0.3 is 0 Å².